The first-order chi connectivity index (χ1) is 4.75. The Morgan fingerprint density at radius 3 is 2.70 bits per heavy atom. The van der Waals surface area contributed by atoms with E-state index in [9.17, 15) is 4.39 Å². The predicted octanol–water partition coefficient (Wildman–Crippen LogP) is 2.47. The first-order valence-electron chi connectivity index (χ1n) is 2.67. The minimum atomic E-state index is -0.372. The molecule has 0 aliphatic carbocycles. The molecule has 0 bridgehead atoms. The maximum atomic E-state index is 12.6. The average Bonchev–Trinajstić information content (AvgIpc) is 1.95. The van der Waals surface area contributed by atoms with Crippen LogP contribution in [0.2, 0.25) is 0 Å². The zero-order valence-electron chi connectivity index (χ0n) is 5.01. The summed E-state index contributed by atoms with van der Waals surface area (Å²) in [6.45, 7) is 0.854. The molecule has 53 valence electrons. The van der Waals surface area contributed by atoms with Crippen LogP contribution in [0.1, 0.15) is 5.56 Å². The normalized spacial score (nSPS) is 9.90. The Morgan fingerprint density at radius 1 is 1.50 bits per heavy atom. The predicted molar refractivity (Wildman–Crippen MR) is 39.4 cm³/mol. The first kappa shape index (κ1) is 7.69. The van der Waals surface area contributed by atoms with E-state index in [1.54, 1.807) is 6.07 Å². The molecule has 0 aliphatic heterocycles. The van der Waals surface area contributed by atoms with Crippen molar-refractivity contribution in [2.75, 3.05) is 0 Å². The van der Waals surface area contributed by atoms with Crippen LogP contribution >= 0.6 is 15.9 Å². The van der Waals surface area contributed by atoms with Crippen LogP contribution in [-0.2, 0) is 0 Å². The fourth-order valence-corrected chi connectivity index (χ4v) is 0.987. The van der Waals surface area contributed by atoms with Crippen molar-refractivity contribution in [3.63, 3.8) is 0 Å². The van der Waals surface area contributed by atoms with E-state index in [0.717, 1.165) is 6.61 Å². The van der Waals surface area contributed by atoms with E-state index in [2.05, 4.69) is 15.9 Å². The van der Waals surface area contributed by atoms with Crippen LogP contribution in [0.5, 0.6) is 0 Å². The van der Waals surface area contributed by atoms with Gasteiger partial charge in [-0.1, -0.05) is 12.1 Å². The molecule has 1 radical (unpaired) electrons. The number of aliphatic hydroxyl groups excluding tert-OH is 1. The largest absolute Gasteiger partial charge is 0.385 e. The van der Waals surface area contributed by atoms with Gasteiger partial charge in [0, 0.05) is 5.56 Å². The van der Waals surface area contributed by atoms with Crippen molar-refractivity contribution >= 4 is 15.9 Å². The lowest BCUT2D eigenvalue weighted by Crippen LogP contribution is -1.85. The Morgan fingerprint density at radius 2 is 2.20 bits per heavy atom. The second-order valence-corrected chi connectivity index (χ2v) is 2.57. The molecule has 0 amide bonds. The summed E-state index contributed by atoms with van der Waals surface area (Å²) >= 11 is 2.97. The molecule has 0 saturated carbocycles. The smallest absolute Gasteiger partial charge is 0.137 e. The maximum Gasteiger partial charge on any atom is 0.137 e. The molecule has 0 heterocycles. The Bertz CT molecular complexity index is 237. The van der Waals surface area contributed by atoms with Gasteiger partial charge >= 0.3 is 0 Å². The number of rotatable bonds is 1. The highest BCUT2D eigenvalue weighted by Gasteiger charge is 2.02. The zero-order chi connectivity index (χ0) is 7.56. The van der Waals surface area contributed by atoms with Crippen LogP contribution < -0.4 is 0 Å². The molecule has 3 heteroatoms. The van der Waals surface area contributed by atoms with E-state index in [0.29, 0.717) is 5.56 Å². The van der Waals surface area contributed by atoms with Crippen molar-refractivity contribution < 1.29 is 9.50 Å². The van der Waals surface area contributed by atoms with Gasteiger partial charge in [0.05, 0.1) is 4.47 Å². The quantitative estimate of drug-likeness (QED) is 0.744. The van der Waals surface area contributed by atoms with Crippen molar-refractivity contribution in [2.24, 2.45) is 0 Å². The van der Waals surface area contributed by atoms with Crippen LogP contribution in [-0.4, -0.2) is 5.11 Å². The van der Waals surface area contributed by atoms with Crippen LogP contribution in [0.4, 0.5) is 4.39 Å². The Kier molecular flexibility index (Phi) is 2.40. The SMILES string of the molecule is O[CH]c1cccc(F)c1Br. The van der Waals surface area contributed by atoms with Gasteiger partial charge in [0.1, 0.15) is 12.4 Å². The summed E-state index contributed by atoms with van der Waals surface area (Å²) in [5.41, 5.74) is 0.444. The molecule has 0 unspecified atom stereocenters. The monoisotopic (exact) mass is 203 g/mol. The molecule has 1 N–H and O–H groups in total. The van der Waals surface area contributed by atoms with Crippen molar-refractivity contribution in [3.05, 3.63) is 40.7 Å². The Balaban J connectivity index is 3.14. The molecule has 0 aliphatic rings. The second-order valence-electron chi connectivity index (χ2n) is 1.77. The summed E-state index contributed by atoms with van der Waals surface area (Å²) in [5.74, 6) is -0.372. The van der Waals surface area contributed by atoms with Gasteiger partial charge in [-0.05, 0) is 22.0 Å². The van der Waals surface area contributed by atoms with Crippen LogP contribution in [0.3, 0.4) is 0 Å². The Labute approximate surface area is 66.6 Å². The van der Waals surface area contributed by atoms with Gasteiger partial charge < -0.3 is 5.11 Å². The molecule has 10 heavy (non-hydrogen) atoms. The fraction of sp³-hybridized carbons (Fsp3) is 0. The van der Waals surface area contributed by atoms with Crippen LogP contribution in [0, 0.1) is 12.4 Å². The molecule has 1 aromatic rings. The minimum Gasteiger partial charge on any atom is -0.385 e. The first-order valence-corrected chi connectivity index (χ1v) is 3.46. The van der Waals surface area contributed by atoms with E-state index in [1.165, 1.54) is 12.1 Å². The summed E-state index contributed by atoms with van der Waals surface area (Å²) in [6.07, 6.45) is 0. The van der Waals surface area contributed by atoms with E-state index < -0.39 is 0 Å². The van der Waals surface area contributed by atoms with Crippen molar-refractivity contribution in [1.82, 2.24) is 0 Å². The third kappa shape index (κ3) is 1.36. The lowest BCUT2D eigenvalue weighted by atomic mass is 10.2. The summed E-state index contributed by atoms with van der Waals surface area (Å²) in [4.78, 5) is 0. The van der Waals surface area contributed by atoms with Gasteiger partial charge in [-0.25, -0.2) is 4.39 Å². The molecule has 1 rings (SSSR count). The molecule has 0 spiro atoms. The number of aliphatic hydroxyl groups is 1. The third-order valence-electron chi connectivity index (χ3n) is 1.12. The molecular weight excluding hydrogens is 199 g/mol. The van der Waals surface area contributed by atoms with E-state index >= 15 is 0 Å². The van der Waals surface area contributed by atoms with Gasteiger partial charge in [0.15, 0.2) is 0 Å². The van der Waals surface area contributed by atoms with Crippen molar-refractivity contribution in [2.45, 2.75) is 0 Å². The molecular formula is C7H5BrFO. The molecule has 0 atom stereocenters. The van der Waals surface area contributed by atoms with Crippen molar-refractivity contribution in [3.8, 4) is 0 Å². The lowest BCUT2D eigenvalue weighted by Gasteiger charge is -1.98. The Hall–Kier alpha value is -0.410. The summed E-state index contributed by atoms with van der Waals surface area (Å²) in [6, 6.07) is 4.45. The van der Waals surface area contributed by atoms with Gasteiger partial charge in [-0.15, -0.1) is 0 Å². The minimum absolute atomic E-state index is 0.289. The van der Waals surface area contributed by atoms with Gasteiger partial charge in [0.25, 0.3) is 0 Å². The van der Waals surface area contributed by atoms with E-state index in [1.807, 2.05) is 0 Å². The zero-order valence-corrected chi connectivity index (χ0v) is 6.60. The van der Waals surface area contributed by atoms with Crippen molar-refractivity contribution in [1.29, 1.82) is 0 Å². The molecule has 1 aromatic carbocycles. The summed E-state index contributed by atoms with van der Waals surface area (Å²) < 4.78 is 12.9. The maximum absolute atomic E-state index is 12.6. The number of halogens is 2. The van der Waals surface area contributed by atoms with E-state index in [-0.39, 0.29) is 10.3 Å². The fourth-order valence-electron chi connectivity index (χ4n) is 0.620. The molecule has 0 saturated heterocycles. The highest BCUT2D eigenvalue weighted by molar-refractivity contribution is 9.10. The summed E-state index contributed by atoms with van der Waals surface area (Å²) in [5, 5.41) is 8.52. The van der Waals surface area contributed by atoms with Crippen LogP contribution in [0.25, 0.3) is 0 Å². The lowest BCUT2D eigenvalue weighted by molar-refractivity contribution is 0.413. The molecule has 0 aromatic heterocycles. The highest BCUT2D eigenvalue weighted by Crippen LogP contribution is 2.20. The second kappa shape index (κ2) is 3.12. The topological polar surface area (TPSA) is 20.2 Å². The number of hydrogen-bond acceptors (Lipinski definition) is 1. The van der Waals surface area contributed by atoms with Gasteiger partial charge in [-0.3, -0.25) is 0 Å². The number of benzene rings is 1. The third-order valence-corrected chi connectivity index (χ3v) is 1.96. The standard InChI is InChI=1S/C7H5BrFO/c8-7-5(4-10)2-1-3-6(7)9/h1-4,10H. The molecule has 0 fully saturated rings. The summed E-state index contributed by atoms with van der Waals surface area (Å²) in [7, 11) is 0. The highest BCUT2D eigenvalue weighted by atomic mass is 79.9. The number of hydrogen-bond donors (Lipinski definition) is 1. The van der Waals surface area contributed by atoms with Gasteiger partial charge in [-0.2, -0.15) is 0 Å². The van der Waals surface area contributed by atoms with E-state index in [4.69, 9.17) is 5.11 Å². The average molecular weight is 204 g/mol. The van der Waals surface area contributed by atoms with Gasteiger partial charge in [0.2, 0.25) is 0 Å². The molecule has 1 nitrogen and oxygen atoms in total. The van der Waals surface area contributed by atoms with Crippen LogP contribution in [0.15, 0.2) is 22.7 Å².